The van der Waals surface area contributed by atoms with Crippen LogP contribution in [0.5, 0.6) is 0 Å². The Hall–Kier alpha value is -2.64. The Balaban J connectivity index is 2.14. The van der Waals surface area contributed by atoms with Gasteiger partial charge in [0.05, 0.1) is 6.42 Å². The molecule has 0 aliphatic rings. The minimum absolute atomic E-state index is 0.0447. The number of nitrogens with one attached hydrogen (secondary N) is 2. The number of ether oxygens (including phenoxy) is 1. The lowest BCUT2D eigenvalue weighted by Gasteiger charge is -2.07. The van der Waals surface area contributed by atoms with Crippen LogP contribution in [0.1, 0.15) is 12.0 Å². The Morgan fingerprint density at radius 2 is 1.86 bits per heavy atom. The van der Waals surface area contributed by atoms with Crippen LogP contribution < -0.4 is 16.4 Å². The molecule has 0 unspecified atom stereocenters. The molecular formula is C14H18FN3O4. The van der Waals surface area contributed by atoms with E-state index in [4.69, 9.17) is 10.5 Å². The van der Waals surface area contributed by atoms with E-state index in [1.165, 1.54) is 6.07 Å². The van der Waals surface area contributed by atoms with E-state index in [0.29, 0.717) is 12.0 Å². The van der Waals surface area contributed by atoms with Crippen LogP contribution in [-0.4, -0.2) is 37.6 Å². The molecule has 3 amide bonds. The first kappa shape index (κ1) is 17.4. The molecule has 0 atom stereocenters. The maximum atomic E-state index is 13.3. The summed E-state index contributed by atoms with van der Waals surface area (Å²) in [6.07, 6.45) is 0.264. The van der Waals surface area contributed by atoms with Crippen molar-refractivity contribution >= 4 is 17.9 Å². The van der Waals surface area contributed by atoms with Gasteiger partial charge < -0.3 is 21.1 Å². The number of amides is 3. The number of urea groups is 1. The fourth-order valence-corrected chi connectivity index (χ4v) is 1.59. The first-order valence-electron chi connectivity index (χ1n) is 6.68. The van der Waals surface area contributed by atoms with Crippen molar-refractivity contribution in [2.45, 2.75) is 12.8 Å². The summed E-state index contributed by atoms with van der Waals surface area (Å²) < 4.78 is 18.0. The Bertz CT molecular complexity index is 537. The molecule has 0 saturated carbocycles. The number of hydrogen-bond donors (Lipinski definition) is 3. The quantitative estimate of drug-likeness (QED) is 0.591. The van der Waals surface area contributed by atoms with E-state index in [9.17, 15) is 18.8 Å². The van der Waals surface area contributed by atoms with Crippen LogP contribution in [0.25, 0.3) is 0 Å². The lowest BCUT2D eigenvalue weighted by Crippen LogP contribution is -2.33. The molecule has 1 rings (SSSR count). The average Bonchev–Trinajstić information content (AvgIpc) is 2.47. The zero-order valence-electron chi connectivity index (χ0n) is 11.9. The zero-order valence-corrected chi connectivity index (χ0v) is 11.9. The minimum Gasteiger partial charge on any atom is -0.456 e. The lowest BCUT2D eigenvalue weighted by atomic mass is 10.1. The predicted molar refractivity (Wildman–Crippen MR) is 76.3 cm³/mol. The maximum absolute atomic E-state index is 13.3. The highest BCUT2D eigenvalue weighted by Crippen LogP contribution is 2.05. The average molecular weight is 311 g/mol. The van der Waals surface area contributed by atoms with Gasteiger partial charge in [-0.05, 0) is 18.1 Å². The number of hydrogen-bond acceptors (Lipinski definition) is 4. The van der Waals surface area contributed by atoms with Crippen molar-refractivity contribution < 1.29 is 23.5 Å². The van der Waals surface area contributed by atoms with Gasteiger partial charge in [0.2, 0.25) is 0 Å². The number of halogens is 1. The van der Waals surface area contributed by atoms with Gasteiger partial charge in [0.1, 0.15) is 5.82 Å². The number of primary amides is 1. The summed E-state index contributed by atoms with van der Waals surface area (Å²) in [7, 11) is 0. The Labute approximate surface area is 127 Å². The molecular weight excluding hydrogens is 293 g/mol. The topological polar surface area (TPSA) is 111 Å². The van der Waals surface area contributed by atoms with Crippen molar-refractivity contribution in [2.75, 3.05) is 19.7 Å². The second-order valence-electron chi connectivity index (χ2n) is 4.39. The number of carbonyl (C=O) groups is 3. The molecule has 1 aromatic carbocycles. The number of carbonyl (C=O) groups excluding carboxylic acids is 3. The second kappa shape index (κ2) is 9.32. The van der Waals surface area contributed by atoms with Crippen LogP contribution in [0.3, 0.4) is 0 Å². The van der Waals surface area contributed by atoms with Gasteiger partial charge in [0.25, 0.3) is 5.91 Å². The van der Waals surface area contributed by atoms with Gasteiger partial charge in [-0.3, -0.25) is 9.59 Å². The van der Waals surface area contributed by atoms with Gasteiger partial charge in [-0.2, -0.15) is 0 Å². The first-order chi connectivity index (χ1) is 10.5. The van der Waals surface area contributed by atoms with Crippen LogP contribution in [0.15, 0.2) is 24.3 Å². The summed E-state index contributed by atoms with van der Waals surface area (Å²) in [4.78, 5) is 33.0. The smallest absolute Gasteiger partial charge is 0.312 e. The van der Waals surface area contributed by atoms with Gasteiger partial charge in [-0.1, -0.05) is 18.2 Å². The molecule has 0 aliphatic carbocycles. The summed E-state index contributed by atoms with van der Waals surface area (Å²) >= 11 is 0. The predicted octanol–water partition coefficient (Wildman–Crippen LogP) is 0.0860. The number of rotatable bonds is 8. The van der Waals surface area contributed by atoms with E-state index in [1.807, 2.05) is 0 Å². The molecule has 7 nitrogen and oxygen atoms in total. The summed E-state index contributed by atoms with van der Waals surface area (Å²) in [5.74, 6) is -1.43. The van der Waals surface area contributed by atoms with Crippen molar-refractivity contribution in [1.29, 1.82) is 0 Å². The van der Waals surface area contributed by atoms with Gasteiger partial charge in [0, 0.05) is 13.1 Å². The molecule has 0 radical (unpaired) electrons. The highest BCUT2D eigenvalue weighted by atomic mass is 19.1. The normalized spacial score (nSPS) is 9.86. The van der Waals surface area contributed by atoms with Gasteiger partial charge in [-0.15, -0.1) is 0 Å². The van der Waals surface area contributed by atoms with E-state index in [2.05, 4.69) is 10.6 Å². The van der Waals surface area contributed by atoms with Gasteiger partial charge >= 0.3 is 12.0 Å². The van der Waals surface area contributed by atoms with Crippen LogP contribution in [-0.2, 0) is 20.7 Å². The number of esters is 1. The zero-order chi connectivity index (χ0) is 16.4. The highest BCUT2D eigenvalue weighted by molar-refractivity contribution is 5.80. The molecule has 8 heteroatoms. The van der Waals surface area contributed by atoms with E-state index < -0.39 is 24.5 Å². The van der Waals surface area contributed by atoms with Crippen LogP contribution in [0.2, 0.25) is 0 Å². The maximum Gasteiger partial charge on any atom is 0.312 e. The van der Waals surface area contributed by atoms with Crippen LogP contribution in [0.4, 0.5) is 9.18 Å². The van der Waals surface area contributed by atoms with Crippen LogP contribution >= 0.6 is 0 Å². The van der Waals surface area contributed by atoms with Crippen LogP contribution in [0, 0.1) is 5.82 Å². The first-order valence-corrected chi connectivity index (χ1v) is 6.68. The van der Waals surface area contributed by atoms with Crippen molar-refractivity contribution in [3.8, 4) is 0 Å². The Morgan fingerprint density at radius 1 is 1.14 bits per heavy atom. The standard InChI is InChI=1S/C14H18FN3O4/c15-11-4-2-1-3-10(11)5-7-17-12(19)9-22-13(20)6-8-18-14(16)21/h1-4H,5-9H2,(H,17,19)(H3,16,18,21). The second-order valence-corrected chi connectivity index (χ2v) is 4.39. The fraction of sp³-hybridized carbons (Fsp3) is 0.357. The molecule has 1 aromatic rings. The SMILES string of the molecule is NC(=O)NCCC(=O)OCC(=O)NCCc1ccccc1F. The summed E-state index contributed by atoms with van der Waals surface area (Å²) in [5, 5.41) is 4.74. The monoisotopic (exact) mass is 311 g/mol. The Morgan fingerprint density at radius 3 is 2.55 bits per heavy atom. The molecule has 0 bridgehead atoms. The summed E-state index contributed by atoms with van der Waals surface area (Å²) in [6, 6.07) is 5.54. The van der Waals surface area contributed by atoms with Crippen molar-refractivity contribution in [3.05, 3.63) is 35.6 Å². The molecule has 0 heterocycles. The van der Waals surface area contributed by atoms with Crippen molar-refractivity contribution in [2.24, 2.45) is 5.73 Å². The fourth-order valence-electron chi connectivity index (χ4n) is 1.59. The molecule has 22 heavy (non-hydrogen) atoms. The molecule has 0 spiro atoms. The van der Waals surface area contributed by atoms with Gasteiger partial charge in [0.15, 0.2) is 6.61 Å². The molecule has 4 N–H and O–H groups in total. The summed E-state index contributed by atoms with van der Waals surface area (Å²) in [5.41, 5.74) is 5.32. The number of benzene rings is 1. The molecule has 0 fully saturated rings. The van der Waals surface area contributed by atoms with E-state index in [-0.39, 0.29) is 25.3 Å². The third-order valence-electron chi connectivity index (χ3n) is 2.67. The van der Waals surface area contributed by atoms with Gasteiger partial charge in [-0.25, -0.2) is 9.18 Å². The number of nitrogens with two attached hydrogens (primary N) is 1. The highest BCUT2D eigenvalue weighted by Gasteiger charge is 2.08. The molecule has 0 aliphatic heterocycles. The third-order valence-corrected chi connectivity index (χ3v) is 2.67. The minimum atomic E-state index is -0.737. The molecule has 0 saturated heterocycles. The van der Waals surface area contributed by atoms with E-state index >= 15 is 0 Å². The van der Waals surface area contributed by atoms with E-state index in [0.717, 1.165) is 0 Å². The van der Waals surface area contributed by atoms with Crippen molar-refractivity contribution in [1.82, 2.24) is 10.6 Å². The molecule has 120 valence electrons. The largest absolute Gasteiger partial charge is 0.456 e. The van der Waals surface area contributed by atoms with Crippen molar-refractivity contribution in [3.63, 3.8) is 0 Å². The third kappa shape index (κ3) is 7.22. The lowest BCUT2D eigenvalue weighted by molar-refractivity contribution is -0.148. The summed E-state index contributed by atoms with van der Waals surface area (Å²) in [6.45, 7) is -0.143. The Kier molecular flexibility index (Phi) is 7.38. The molecule has 0 aromatic heterocycles. The van der Waals surface area contributed by atoms with E-state index in [1.54, 1.807) is 18.2 Å².